The van der Waals surface area contributed by atoms with Gasteiger partial charge in [0.1, 0.15) is 0 Å². The molecule has 0 saturated heterocycles. The Balaban J connectivity index is 1.48. The first kappa shape index (κ1) is 17.0. The molecule has 4 bridgehead atoms. The maximum atomic E-state index is 12.2. The van der Waals surface area contributed by atoms with E-state index in [1.807, 2.05) is 6.08 Å². The van der Waals surface area contributed by atoms with Gasteiger partial charge in [-0.05, 0) is 68.6 Å². The van der Waals surface area contributed by atoms with Gasteiger partial charge in [0.15, 0.2) is 0 Å². The van der Waals surface area contributed by atoms with Crippen molar-refractivity contribution in [1.82, 2.24) is 5.32 Å². The highest BCUT2D eigenvalue weighted by molar-refractivity contribution is 5.88. The quantitative estimate of drug-likeness (QED) is 0.552. The number of rotatable bonds is 8. The van der Waals surface area contributed by atoms with E-state index in [0.717, 1.165) is 17.8 Å². The third kappa shape index (κ3) is 3.97. The fraction of sp³-hybridized carbons (Fsp3) is 0.842. The molecule has 0 unspecified atom stereocenters. The van der Waals surface area contributed by atoms with E-state index in [-0.39, 0.29) is 5.91 Å². The van der Waals surface area contributed by atoms with E-state index >= 15 is 0 Å². The zero-order valence-electron chi connectivity index (χ0n) is 14.6. The molecule has 0 aromatic carbocycles. The Kier molecular flexibility index (Phi) is 5.42. The highest BCUT2D eigenvalue weighted by Gasteiger charge is 2.51. The molecule has 4 heteroatoms. The summed E-state index contributed by atoms with van der Waals surface area (Å²) in [5.41, 5.74) is 1.65. The van der Waals surface area contributed by atoms with Crippen LogP contribution in [0.25, 0.3) is 0 Å². The Hall–Kier alpha value is -0.870. The standard InChI is InChI=1S/C19H31NO3/c1-14(7-18(21)20-3-4-23-6-5-22-2)19-11-15-8-16(12-19)10-17(9-15)13-19/h7,15-17H,3-6,8-13H2,1-2H3,(H,20,21)/b14-7-. The van der Waals surface area contributed by atoms with Crippen molar-refractivity contribution >= 4 is 5.91 Å². The summed E-state index contributed by atoms with van der Waals surface area (Å²) < 4.78 is 10.3. The van der Waals surface area contributed by atoms with Crippen LogP contribution in [0.15, 0.2) is 11.6 Å². The molecule has 0 aliphatic heterocycles. The van der Waals surface area contributed by atoms with Crippen molar-refractivity contribution in [2.75, 3.05) is 33.5 Å². The molecule has 0 spiro atoms. The summed E-state index contributed by atoms with van der Waals surface area (Å²) in [6, 6.07) is 0. The zero-order chi connectivity index (χ0) is 16.3. The second-order valence-electron chi connectivity index (χ2n) is 7.92. The molecular formula is C19H31NO3. The van der Waals surface area contributed by atoms with Gasteiger partial charge in [0.25, 0.3) is 0 Å². The predicted molar refractivity (Wildman–Crippen MR) is 90.1 cm³/mol. The molecule has 0 radical (unpaired) electrons. The van der Waals surface area contributed by atoms with Crippen LogP contribution in [0.4, 0.5) is 0 Å². The minimum Gasteiger partial charge on any atom is -0.382 e. The first-order chi connectivity index (χ1) is 11.1. The number of ether oxygens (including phenoxy) is 2. The van der Waals surface area contributed by atoms with E-state index in [9.17, 15) is 4.79 Å². The van der Waals surface area contributed by atoms with Gasteiger partial charge < -0.3 is 14.8 Å². The Morgan fingerprint density at radius 3 is 2.26 bits per heavy atom. The molecule has 0 aromatic rings. The molecule has 4 nitrogen and oxygen atoms in total. The predicted octanol–water partition coefficient (Wildman–Crippen LogP) is 2.93. The van der Waals surface area contributed by atoms with Crippen LogP contribution in [0, 0.1) is 23.2 Å². The highest BCUT2D eigenvalue weighted by atomic mass is 16.5. The van der Waals surface area contributed by atoms with Gasteiger partial charge >= 0.3 is 0 Å². The van der Waals surface area contributed by atoms with Crippen LogP contribution >= 0.6 is 0 Å². The summed E-state index contributed by atoms with van der Waals surface area (Å²) in [5.74, 6) is 2.79. The van der Waals surface area contributed by atoms with E-state index in [1.54, 1.807) is 7.11 Å². The normalized spacial score (nSPS) is 35.6. The third-order valence-corrected chi connectivity index (χ3v) is 6.20. The second kappa shape index (κ2) is 7.35. The van der Waals surface area contributed by atoms with Crippen molar-refractivity contribution in [1.29, 1.82) is 0 Å². The summed E-state index contributed by atoms with van der Waals surface area (Å²) in [6.45, 7) is 4.46. The molecule has 4 rings (SSSR count). The second-order valence-corrected chi connectivity index (χ2v) is 7.92. The van der Waals surface area contributed by atoms with Gasteiger partial charge in [0, 0.05) is 19.7 Å². The van der Waals surface area contributed by atoms with Crippen molar-refractivity contribution in [2.24, 2.45) is 23.2 Å². The highest BCUT2D eigenvalue weighted by Crippen LogP contribution is 2.62. The minimum absolute atomic E-state index is 0.0357. The van der Waals surface area contributed by atoms with Gasteiger partial charge in [0.2, 0.25) is 5.91 Å². The Labute approximate surface area is 140 Å². The summed E-state index contributed by atoms with van der Waals surface area (Å²) >= 11 is 0. The Morgan fingerprint density at radius 1 is 1.09 bits per heavy atom. The van der Waals surface area contributed by atoms with Crippen LogP contribution in [-0.2, 0) is 14.3 Å². The maximum absolute atomic E-state index is 12.2. The number of carbonyl (C=O) groups excluding carboxylic acids is 1. The molecule has 4 aliphatic carbocycles. The van der Waals surface area contributed by atoms with E-state index in [0.29, 0.717) is 31.8 Å². The average molecular weight is 321 g/mol. The molecule has 130 valence electrons. The fourth-order valence-electron chi connectivity index (χ4n) is 5.49. The molecule has 0 heterocycles. The lowest BCUT2D eigenvalue weighted by Crippen LogP contribution is -2.46. The van der Waals surface area contributed by atoms with E-state index < -0.39 is 0 Å². The first-order valence-corrected chi connectivity index (χ1v) is 9.14. The van der Waals surface area contributed by atoms with E-state index in [1.165, 1.54) is 44.1 Å². The molecular weight excluding hydrogens is 290 g/mol. The molecule has 4 aliphatic rings. The first-order valence-electron chi connectivity index (χ1n) is 9.14. The number of hydrogen-bond acceptors (Lipinski definition) is 3. The SMILES string of the molecule is COCCOCCNC(=O)/C=C(/C)C12CC3CC(CC(C3)C1)C2. The van der Waals surface area contributed by atoms with Gasteiger partial charge in [-0.2, -0.15) is 0 Å². The van der Waals surface area contributed by atoms with Crippen LogP contribution in [0.3, 0.4) is 0 Å². The number of amides is 1. The van der Waals surface area contributed by atoms with Gasteiger partial charge in [-0.1, -0.05) is 5.57 Å². The molecule has 1 amide bonds. The van der Waals surface area contributed by atoms with Crippen molar-refractivity contribution < 1.29 is 14.3 Å². The number of methoxy groups -OCH3 is 1. The summed E-state index contributed by atoms with van der Waals surface area (Å²) in [6.07, 6.45) is 10.1. The number of hydrogen-bond donors (Lipinski definition) is 1. The Morgan fingerprint density at radius 2 is 1.70 bits per heavy atom. The van der Waals surface area contributed by atoms with Gasteiger partial charge in [-0.25, -0.2) is 0 Å². The number of nitrogens with one attached hydrogen (secondary N) is 1. The van der Waals surface area contributed by atoms with Crippen molar-refractivity contribution in [2.45, 2.75) is 45.4 Å². The lowest BCUT2D eigenvalue weighted by Gasteiger charge is -2.57. The molecule has 23 heavy (non-hydrogen) atoms. The topological polar surface area (TPSA) is 47.6 Å². The summed E-state index contributed by atoms with van der Waals surface area (Å²) in [5, 5.41) is 2.94. The number of allylic oxidation sites excluding steroid dienone is 1. The molecule has 0 atom stereocenters. The van der Waals surface area contributed by atoms with Crippen molar-refractivity contribution in [3.63, 3.8) is 0 Å². The van der Waals surface area contributed by atoms with Crippen molar-refractivity contribution in [3.8, 4) is 0 Å². The molecule has 4 fully saturated rings. The molecule has 4 saturated carbocycles. The maximum Gasteiger partial charge on any atom is 0.244 e. The van der Waals surface area contributed by atoms with Crippen LogP contribution in [0.5, 0.6) is 0 Å². The summed E-state index contributed by atoms with van der Waals surface area (Å²) in [7, 11) is 1.66. The molecule has 1 N–H and O–H groups in total. The van der Waals surface area contributed by atoms with Crippen LogP contribution in [0.2, 0.25) is 0 Å². The largest absolute Gasteiger partial charge is 0.382 e. The lowest BCUT2D eigenvalue weighted by molar-refractivity contribution is -0.117. The smallest absolute Gasteiger partial charge is 0.244 e. The lowest BCUT2D eigenvalue weighted by atomic mass is 9.48. The van der Waals surface area contributed by atoms with Crippen LogP contribution in [0.1, 0.15) is 45.4 Å². The average Bonchev–Trinajstić information content (AvgIpc) is 2.49. The zero-order valence-corrected chi connectivity index (χ0v) is 14.6. The van der Waals surface area contributed by atoms with E-state index in [4.69, 9.17) is 9.47 Å². The fourth-order valence-corrected chi connectivity index (χ4v) is 5.49. The Bertz CT molecular complexity index is 422. The minimum atomic E-state index is 0.0357. The van der Waals surface area contributed by atoms with Gasteiger partial charge in [-0.15, -0.1) is 0 Å². The monoisotopic (exact) mass is 321 g/mol. The van der Waals surface area contributed by atoms with Crippen LogP contribution in [-0.4, -0.2) is 39.4 Å². The third-order valence-electron chi connectivity index (χ3n) is 6.20. The molecule has 0 aromatic heterocycles. The van der Waals surface area contributed by atoms with E-state index in [2.05, 4.69) is 12.2 Å². The number of carbonyl (C=O) groups is 1. The summed E-state index contributed by atoms with van der Waals surface area (Å²) in [4.78, 5) is 12.2. The van der Waals surface area contributed by atoms with Crippen LogP contribution < -0.4 is 5.32 Å². The van der Waals surface area contributed by atoms with Gasteiger partial charge in [0.05, 0.1) is 19.8 Å². The van der Waals surface area contributed by atoms with Crippen molar-refractivity contribution in [3.05, 3.63) is 11.6 Å². The van der Waals surface area contributed by atoms with Gasteiger partial charge in [-0.3, -0.25) is 4.79 Å².